The lowest BCUT2D eigenvalue weighted by Gasteiger charge is -2.20. The van der Waals surface area contributed by atoms with Gasteiger partial charge in [0.25, 0.3) is 0 Å². The maximum atomic E-state index is 13.7. The Morgan fingerprint density at radius 3 is 2.65 bits per heavy atom. The van der Waals surface area contributed by atoms with Crippen molar-refractivity contribution in [2.45, 2.75) is 13.8 Å². The minimum Gasteiger partial charge on any atom is -0.294 e. The normalized spacial score (nSPS) is 14.5. The standard InChI is InChI=1S/C17H16FN3O2/c1-11-5-6-19-10-16(11)21-8-7-20(17(21)23)13-3-4-15(18)14(9-13)12(2)22/h3-6,9-10H,7-8H2,1-2H3. The molecule has 0 atom stereocenters. The average molecular weight is 313 g/mol. The molecule has 1 fully saturated rings. The Kier molecular flexibility index (Phi) is 3.82. The molecule has 0 unspecified atom stereocenters. The van der Waals surface area contributed by atoms with E-state index in [0.717, 1.165) is 11.3 Å². The third-order valence-corrected chi connectivity index (χ3v) is 3.95. The zero-order valence-corrected chi connectivity index (χ0v) is 12.9. The minimum atomic E-state index is -0.576. The highest BCUT2D eigenvalue weighted by molar-refractivity contribution is 6.07. The second-order valence-electron chi connectivity index (χ2n) is 5.47. The topological polar surface area (TPSA) is 53.5 Å². The Balaban J connectivity index is 1.92. The molecule has 0 saturated carbocycles. The van der Waals surface area contributed by atoms with Gasteiger partial charge in [-0.15, -0.1) is 0 Å². The molecule has 1 aromatic heterocycles. The number of carbonyl (C=O) groups excluding carboxylic acids is 2. The van der Waals surface area contributed by atoms with E-state index in [-0.39, 0.29) is 17.4 Å². The van der Waals surface area contributed by atoms with Crippen molar-refractivity contribution in [2.24, 2.45) is 0 Å². The third kappa shape index (κ3) is 2.67. The van der Waals surface area contributed by atoms with E-state index >= 15 is 0 Å². The largest absolute Gasteiger partial charge is 0.329 e. The monoisotopic (exact) mass is 313 g/mol. The van der Waals surface area contributed by atoms with Crippen LogP contribution in [-0.4, -0.2) is 29.9 Å². The molecule has 0 bridgehead atoms. The molecule has 2 amide bonds. The van der Waals surface area contributed by atoms with Crippen molar-refractivity contribution in [1.29, 1.82) is 0 Å². The first-order valence-electron chi connectivity index (χ1n) is 7.29. The highest BCUT2D eigenvalue weighted by Gasteiger charge is 2.32. The number of urea groups is 1. The summed E-state index contributed by atoms with van der Waals surface area (Å²) in [5.74, 6) is -0.941. The third-order valence-electron chi connectivity index (χ3n) is 3.95. The molecule has 23 heavy (non-hydrogen) atoms. The fraction of sp³-hybridized carbons (Fsp3) is 0.235. The Morgan fingerprint density at radius 2 is 1.96 bits per heavy atom. The molecule has 0 spiro atoms. The number of ketones is 1. The molecule has 0 radical (unpaired) electrons. The van der Waals surface area contributed by atoms with Crippen LogP contribution >= 0.6 is 0 Å². The summed E-state index contributed by atoms with van der Waals surface area (Å²) in [6.45, 7) is 4.20. The van der Waals surface area contributed by atoms with E-state index in [2.05, 4.69) is 4.98 Å². The Hall–Kier alpha value is -2.76. The second-order valence-corrected chi connectivity index (χ2v) is 5.47. The molecule has 0 N–H and O–H groups in total. The number of benzene rings is 1. The lowest BCUT2D eigenvalue weighted by molar-refractivity contribution is 0.101. The number of nitrogens with zero attached hydrogens (tertiary/aromatic N) is 3. The maximum Gasteiger partial charge on any atom is 0.329 e. The van der Waals surface area contributed by atoms with Crippen LogP contribution in [0.3, 0.4) is 0 Å². The van der Waals surface area contributed by atoms with Crippen LogP contribution in [0.2, 0.25) is 0 Å². The number of hydrogen-bond acceptors (Lipinski definition) is 3. The van der Waals surface area contributed by atoms with E-state index < -0.39 is 5.82 Å². The van der Waals surface area contributed by atoms with Crippen molar-refractivity contribution < 1.29 is 14.0 Å². The van der Waals surface area contributed by atoms with Crippen LogP contribution in [0, 0.1) is 12.7 Å². The van der Waals surface area contributed by atoms with Crippen molar-refractivity contribution >= 4 is 23.2 Å². The number of hydrogen-bond donors (Lipinski definition) is 0. The molecule has 2 heterocycles. The van der Waals surface area contributed by atoms with Crippen LogP contribution in [-0.2, 0) is 0 Å². The van der Waals surface area contributed by atoms with Gasteiger partial charge in [0, 0.05) is 25.0 Å². The SMILES string of the molecule is CC(=O)c1cc(N2CCN(c3cnccc3C)C2=O)ccc1F. The van der Waals surface area contributed by atoms with E-state index in [0.29, 0.717) is 18.8 Å². The number of amides is 2. The summed E-state index contributed by atoms with van der Waals surface area (Å²) in [7, 11) is 0. The highest BCUT2D eigenvalue weighted by Crippen LogP contribution is 2.28. The molecule has 3 rings (SSSR count). The van der Waals surface area contributed by atoms with Gasteiger partial charge in [-0.25, -0.2) is 9.18 Å². The summed E-state index contributed by atoms with van der Waals surface area (Å²) in [5.41, 5.74) is 2.23. The van der Waals surface area contributed by atoms with Gasteiger partial charge in [0.2, 0.25) is 0 Å². The lowest BCUT2D eigenvalue weighted by Crippen LogP contribution is -2.32. The first kappa shape index (κ1) is 15.1. The fourth-order valence-electron chi connectivity index (χ4n) is 2.69. The highest BCUT2D eigenvalue weighted by atomic mass is 19.1. The molecule has 5 nitrogen and oxygen atoms in total. The molecule has 6 heteroatoms. The molecular weight excluding hydrogens is 297 g/mol. The van der Waals surface area contributed by atoms with Gasteiger partial charge in [-0.1, -0.05) is 0 Å². The van der Waals surface area contributed by atoms with Crippen molar-refractivity contribution in [1.82, 2.24) is 4.98 Å². The summed E-state index contributed by atoms with van der Waals surface area (Å²) in [5, 5.41) is 0. The summed E-state index contributed by atoms with van der Waals surface area (Å²) in [4.78, 5) is 31.4. The number of Topliss-reactive ketones (excluding diaryl/α,β-unsaturated/α-hetero) is 1. The Labute approximate surface area is 133 Å². The molecule has 1 aliphatic heterocycles. The van der Waals surface area contributed by atoms with Crippen LogP contribution < -0.4 is 9.80 Å². The molecule has 0 aliphatic carbocycles. The van der Waals surface area contributed by atoms with Crippen LogP contribution in [0.5, 0.6) is 0 Å². The van der Waals surface area contributed by atoms with Crippen LogP contribution in [0.25, 0.3) is 0 Å². The van der Waals surface area contributed by atoms with E-state index in [1.54, 1.807) is 22.2 Å². The Morgan fingerprint density at radius 1 is 1.22 bits per heavy atom. The van der Waals surface area contributed by atoms with Crippen molar-refractivity contribution in [2.75, 3.05) is 22.9 Å². The number of aromatic nitrogens is 1. The van der Waals surface area contributed by atoms with Gasteiger partial charge >= 0.3 is 6.03 Å². The van der Waals surface area contributed by atoms with Crippen LogP contribution in [0.1, 0.15) is 22.8 Å². The Bertz CT molecular complexity index is 791. The van der Waals surface area contributed by atoms with E-state index in [1.807, 2.05) is 13.0 Å². The number of halogens is 1. The number of rotatable bonds is 3. The zero-order chi connectivity index (χ0) is 16.6. The van der Waals surface area contributed by atoms with E-state index in [4.69, 9.17) is 0 Å². The summed E-state index contributed by atoms with van der Waals surface area (Å²) in [6, 6.07) is 5.80. The van der Waals surface area contributed by atoms with Gasteiger partial charge in [-0.05, 0) is 43.7 Å². The molecular formula is C17H16FN3O2. The summed E-state index contributed by atoms with van der Waals surface area (Å²) >= 11 is 0. The summed E-state index contributed by atoms with van der Waals surface area (Å²) < 4.78 is 13.7. The zero-order valence-electron chi connectivity index (χ0n) is 12.9. The average Bonchev–Trinajstić information content (AvgIpc) is 2.90. The number of anilines is 2. The fourth-order valence-corrected chi connectivity index (χ4v) is 2.69. The predicted octanol–water partition coefficient (Wildman–Crippen LogP) is 3.18. The van der Waals surface area contributed by atoms with E-state index in [9.17, 15) is 14.0 Å². The molecule has 1 aromatic carbocycles. The van der Waals surface area contributed by atoms with E-state index in [1.165, 1.54) is 25.1 Å². The van der Waals surface area contributed by atoms with Gasteiger partial charge in [-0.2, -0.15) is 0 Å². The second kappa shape index (κ2) is 5.79. The van der Waals surface area contributed by atoms with Crippen molar-refractivity contribution in [3.05, 3.63) is 53.6 Å². The first-order chi connectivity index (χ1) is 11.0. The smallest absolute Gasteiger partial charge is 0.294 e. The number of carbonyl (C=O) groups is 2. The lowest BCUT2D eigenvalue weighted by atomic mass is 10.1. The molecule has 1 saturated heterocycles. The molecule has 1 aliphatic rings. The van der Waals surface area contributed by atoms with Crippen molar-refractivity contribution in [3.63, 3.8) is 0 Å². The van der Waals surface area contributed by atoms with Crippen LogP contribution in [0.4, 0.5) is 20.6 Å². The van der Waals surface area contributed by atoms with Gasteiger partial charge in [0.05, 0.1) is 17.4 Å². The van der Waals surface area contributed by atoms with Gasteiger partial charge in [-0.3, -0.25) is 19.6 Å². The first-order valence-corrected chi connectivity index (χ1v) is 7.29. The van der Waals surface area contributed by atoms with Gasteiger partial charge in [0.15, 0.2) is 5.78 Å². The van der Waals surface area contributed by atoms with Crippen LogP contribution in [0.15, 0.2) is 36.7 Å². The molecule has 2 aromatic rings. The quantitative estimate of drug-likeness (QED) is 0.818. The maximum absolute atomic E-state index is 13.7. The summed E-state index contributed by atoms with van der Waals surface area (Å²) in [6.07, 6.45) is 3.33. The molecule has 118 valence electrons. The predicted molar refractivity (Wildman–Crippen MR) is 85.5 cm³/mol. The van der Waals surface area contributed by atoms with Gasteiger partial charge < -0.3 is 0 Å². The number of pyridine rings is 1. The van der Waals surface area contributed by atoms with Crippen molar-refractivity contribution in [3.8, 4) is 0 Å². The minimum absolute atomic E-state index is 0.00805. The number of aryl methyl sites for hydroxylation is 1. The van der Waals surface area contributed by atoms with Gasteiger partial charge in [0.1, 0.15) is 5.82 Å².